The van der Waals surface area contributed by atoms with Gasteiger partial charge in [0.1, 0.15) is 0 Å². The summed E-state index contributed by atoms with van der Waals surface area (Å²) in [4.78, 5) is 2.51. The van der Waals surface area contributed by atoms with Gasteiger partial charge in [0, 0.05) is 6.04 Å². The van der Waals surface area contributed by atoms with Crippen LogP contribution in [0.25, 0.3) is 0 Å². The first-order valence-electron chi connectivity index (χ1n) is 6.56. The van der Waals surface area contributed by atoms with Crippen molar-refractivity contribution in [2.24, 2.45) is 11.7 Å². The molecule has 2 rings (SSSR count). The lowest BCUT2D eigenvalue weighted by Crippen LogP contribution is -2.28. The molecule has 1 heterocycles. The Bertz CT molecular complexity index is 409. The van der Waals surface area contributed by atoms with Crippen LogP contribution < -0.4 is 5.73 Å². The second-order valence-electron chi connectivity index (χ2n) is 4.94. The van der Waals surface area contributed by atoms with Gasteiger partial charge in [0.15, 0.2) is 0 Å². The van der Waals surface area contributed by atoms with E-state index in [1.54, 1.807) is 0 Å². The van der Waals surface area contributed by atoms with Gasteiger partial charge in [-0.25, -0.2) is 0 Å². The maximum atomic E-state index is 6.13. The molecule has 0 saturated carbocycles. The Morgan fingerprint density at radius 1 is 1.33 bits per heavy atom. The van der Waals surface area contributed by atoms with Crippen molar-refractivity contribution in [3.05, 3.63) is 33.8 Å². The van der Waals surface area contributed by atoms with Crippen LogP contribution in [0.1, 0.15) is 31.4 Å². The van der Waals surface area contributed by atoms with Crippen molar-refractivity contribution < 1.29 is 0 Å². The Balaban J connectivity index is 2.28. The van der Waals surface area contributed by atoms with Crippen LogP contribution in [0.5, 0.6) is 0 Å². The van der Waals surface area contributed by atoms with E-state index in [-0.39, 0.29) is 0 Å². The van der Waals surface area contributed by atoms with Crippen LogP contribution in [0.15, 0.2) is 18.2 Å². The third kappa shape index (κ3) is 2.83. The number of halogens is 2. The minimum Gasteiger partial charge on any atom is -0.330 e. The van der Waals surface area contributed by atoms with Crippen LogP contribution in [0, 0.1) is 5.92 Å². The van der Waals surface area contributed by atoms with E-state index in [9.17, 15) is 0 Å². The fourth-order valence-electron chi connectivity index (χ4n) is 2.89. The first-order chi connectivity index (χ1) is 8.67. The average Bonchev–Trinajstić information content (AvgIpc) is 2.76. The van der Waals surface area contributed by atoms with Gasteiger partial charge in [-0.15, -0.1) is 0 Å². The van der Waals surface area contributed by atoms with E-state index >= 15 is 0 Å². The number of benzene rings is 1. The van der Waals surface area contributed by atoms with Crippen molar-refractivity contribution in [1.29, 1.82) is 0 Å². The Kier molecular flexibility index (Phi) is 4.91. The van der Waals surface area contributed by atoms with Crippen molar-refractivity contribution >= 4 is 23.2 Å². The summed E-state index contributed by atoms with van der Waals surface area (Å²) in [7, 11) is 0. The summed E-state index contributed by atoms with van der Waals surface area (Å²) >= 11 is 12.1. The molecule has 2 nitrogen and oxygen atoms in total. The summed E-state index contributed by atoms with van der Waals surface area (Å²) in [5, 5.41) is 1.25. The number of nitrogens with zero attached hydrogens (tertiary/aromatic N) is 1. The van der Waals surface area contributed by atoms with Gasteiger partial charge in [0.25, 0.3) is 0 Å². The van der Waals surface area contributed by atoms with E-state index in [0.717, 1.165) is 26.1 Å². The molecular formula is C14H20Cl2N2. The maximum Gasteiger partial charge on any atom is 0.0595 e. The minimum atomic E-state index is 0.393. The molecule has 4 heteroatoms. The van der Waals surface area contributed by atoms with Crippen LogP contribution in [0.2, 0.25) is 10.0 Å². The SMILES string of the molecule is CCCN1CCC(CN)C1c1ccc(Cl)c(Cl)c1. The second kappa shape index (κ2) is 6.25. The highest BCUT2D eigenvalue weighted by Gasteiger charge is 2.33. The molecule has 1 aromatic rings. The predicted molar refractivity (Wildman–Crippen MR) is 78.2 cm³/mol. The number of hydrogen-bond donors (Lipinski definition) is 1. The quantitative estimate of drug-likeness (QED) is 0.914. The predicted octanol–water partition coefficient (Wildman–Crippen LogP) is 3.73. The van der Waals surface area contributed by atoms with E-state index < -0.39 is 0 Å². The normalized spacial score (nSPS) is 24.7. The molecular weight excluding hydrogens is 267 g/mol. The molecule has 1 aliphatic heterocycles. The van der Waals surface area contributed by atoms with Crippen LogP contribution >= 0.6 is 23.2 Å². The molecule has 18 heavy (non-hydrogen) atoms. The third-order valence-corrected chi connectivity index (χ3v) is 4.46. The van der Waals surface area contributed by atoms with Gasteiger partial charge < -0.3 is 5.73 Å². The average molecular weight is 287 g/mol. The molecule has 0 spiro atoms. The zero-order valence-electron chi connectivity index (χ0n) is 10.7. The molecule has 0 aromatic heterocycles. The first-order valence-corrected chi connectivity index (χ1v) is 7.32. The Hall–Kier alpha value is -0.280. The van der Waals surface area contributed by atoms with Crippen LogP contribution in [-0.4, -0.2) is 24.5 Å². The summed E-state index contributed by atoms with van der Waals surface area (Å²) in [5.41, 5.74) is 7.14. The van der Waals surface area contributed by atoms with Gasteiger partial charge >= 0.3 is 0 Å². The van der Waals surface area contributed by atoms with Gasteiger partial charge in [-0.05, 0) is 56.1 Å². The van der Waals surface area contributed by atoms with E-state index in [0.29, 0.717) is 22.0 Å². The highest BCUT2D eigenvalue weighted by molar-refractivity contribution is 6.42. The molecule has 1 aromatic carbocycles. The van der Waals surface area contributed by atoms with Gasteiger partial charge in [-0.1, -0.05) is 36.2 Å². The lowest BCUT2D eigenvalue weighted by molar-refractivity contribution is 0.230. The van der Waals surface area contributed by atoms with Crippen molar-refractivity contribution in [2.45, 2.75) is 25.8 Å². The minimum absolute atomic E-state index is 0.393. The summed E-state index contributed by atoms with van der Waals surface area (Å²) in [5.74, 6) is 0.522. The highest BCUT2D eigenvalue weighted by atomic mass is 35.5. The largest absolute Gasteiger partial charge is 0.330 e. The number of likely N-dealkylation sites (tertiary alicyclic amines) is 1. The molecule has 1 saturated heterocycles. The molecule has 2 atom stereocenters. The van der Waals surface area contributed by atoms with Crippen molar-refractivity contribution in [2.75, 3.05) is 19.6 Å². The summed E-state index contributed by atoms with van der Waals surface area (Å²) in [6.07, 6.45) is 2.33. The summed E-state index contributed by atoms with van der Waals surface area (Å²) in [6.45, 7) is 5.18. The fourth-order valence-corrected chi connectivity index (χ4v) is 3.20. The number of hydrogen-bond acceptors (Lipinski definition) is 2. The molecule has 0 radical (unpaired) electrons. The lowest BCUT2D eigenvalue weighted by atomic mass is 9.94. The zero-order chi connectivity index (χ0) is 13.1. The molecule has 1 aliphatic rings. The summed E-state index contributed by atoms with van der Waals surface area (Å²) in [6, 6.07) is 6.35. The smallest absolute Gasteiger partial charge is 0.0595 e. The van der Waals surface area contributed by atoms with Crippen LogP contribution in [0.4, 0.5) is 0 Å². The van der Waals surface area contributed by atoms with E-state index in [1.807, 2.05) is 12.1 Å². The van der Waals surface area contributed by atoms with Crippen molar-refractivity contribution in [3.8, 4) is 0 Å². The monoisotopic (exact) mass is 286 g/mol. The molecule has 2 unspecified atom stereocenters. The topological polar surface area (TPSA) is 29.3 Å². The fraction of sp³-hybridized carbons (Fsp3) is 0.571. The Labute approximate surface area is 119 Å². The molecule has 0 bridgehead atoms. The zero-order valence-corrected chi connectivity index (χ0v) is 12.2. The van der Waals surface area contributed by atoms with Gasteiger partial charge in [-0.3, -0.25) is 4.90 Å². The molecule has 0 aliphatic carbocycles. The van der Waals surface area contributed by atoms with Crippen molar-refractivity contribution in [3.63, 3.8) is 0 Å². The highest BCUT2D eigenvalue weighted by Crippen LogP contribution is 2.38. The van der Waals surface area contributed by atoms with Gasteiger partial charge in [0.2, 0.25) is 0 Å². The third-order valence-electron chi connectivity index (χ3n) is 3.73. The standard InChI is InChI=1S/C14H20Cl2N2/c1-2-6-18-7-5-11(9-17)14(18)10-3-4-12(15)13(16)8-10/h3-4,8,11,14H,2,5-7,9,17H2,1H3. The first kappa shape index (κ1) is 14.1. The second-order valence-corrected chi connectivity index (χ2v) is 5.75. The molecule has 1 fully saturated rings. The molecule has 0 amide bonds. The molecule has 2 N–H and O–H groups in total. The van der Waals surface area contributed by atoms with Crippen molar-refractivity contribution in [1.82, 2.24) is 4.90 Å². The summed E-state index contributed by atoms with van der Waals surface area (Å²) < 4.78 is 0. The molecule has 100 valence electrons. The van der Waals surface area contributed by atoms with Gasteiger partial charge in [-0.2, -0.15) is 0 Å². The Morgan fingerprint density at radius 3 is 2.72 bits per heavy atom. The van der Waals surface area contributed by atoms with E-state index in [4.69, 9.17) is 28.9 Å². The lowest BCUT2D eigenvalue weighted by Gasteiger charge is -2.28. The number of nitrogens with two attached hydrogens (primary N) is 1. The maximum absolute atomic E-state index is 6.13. The van der Waals surface area contributed by atoms with E-state index in [2.05, 4.69) is 17.9 Å². The van der Waals surface area contributed by atoms with E-state index in [1.165, 1.54) is 12.0 Å². The number of rotatable bonds is 4. The Morgan fingerprint density at radius 2 is 2.11 bits per heavy atom. The van der Waals surface area contributed by atoms with Crippen LogP contribution in [0.3, 0.4) is 0 Å². The van der Waals surface area contributed by atoms with Gasteiger partial charge in [0.05, 0.1) is 10.0 Å². The van der Waals surface area contributed by atoms with Crippen LogP contribution in [-0.2, 0) is 0 Å².